The zero-order chi connectivity index (χ0) is 19.7. The summed E-state index contributed by atoms with van der Waals surface area (Å²) in [6, 6.07) is 0. The average Bonchev–Trinajstić information content (AvgIpc) is 2.57. The number of rotatable bonds is 17. The lowest BCUT2D eigenvalue weighted by Crippen LogP contribution is -2.28. The molecule has 1 atom stereocenters. The summed E-state index contributed by atoms with van der Waals surface area (Å²) in [5, 5.41) is 0. The molecule has 0 aromatic carbocycles. The maximum absolute atomic E-state index is 11.8. The highest BCUT2D eigenvalue weighted by Crippen LogP contribution is 2.22. The van der Waals surface area contributed by atoms with Crippen LogP contribution in [0.15, 0.2) is 0 Å². The molecule has 0 saturated heterocycles. The molecule has 172 valence electrons. The third kappa shape index (κ3) is 22.0. The highest BCUT2D eigenvalue weighted by molar-refractivity contribution is 5.85. The van der Waals surface area contributed by atoms with E-state index in [9.17, 15) is 4.79 Å². The van der Waals surface area contributed by atoms with Crippen molar-refractivity contribution in [3.8, 4) is 0 Å². The van der Waals surface area contributed by atoms with Gasteiger partial charge in [-0.1, -0.05) is 118 Å². The van der Waals surface area contributed by atoms with Gasteiger partial charge in [0.2, 0.25) is 0 Å². The lowest BCUT2D eigenvalue weighted by atomic mass is 9.90. The van der Waals surface area contributed by atoms with E-state index < -0.39 is 0 Å². The quantitative estimate of drug-likeness (QED) is 0.188. The van der Waals surface area contributed by atoms with Gasteiger partial charge < -0.3 is 10.9 Å². The van der Waals surface area contributed by atoms with E-state index in [1.807, 2.05) is 6.92 Å². The van der Waals surface area contributed by atoms with Crippen molar-refractivity contribution in [3.63, 3.8) is 0 Å². The Morgan fingerprint density at radius 2 is 1.04 bits per heavy atom. The van der Waals surface area contributed by atoms with Crippen molar-refractivity contribution >= 4 is 18.4 Å². The van der Waals surface area contributed by atoms with Crippen molar-refractivity contribution in [2.45, 2.75) is 143 Å². The van der Waals surface area contributed by atoms with Crippen LogP contribution in [0.25, 0.3) is 0 Å². The highest BCUT2D eigenvalue weighted by Gasteiger charge is 2.23. The number of carbonyl (C=O) groups excluding carboxylic acids is 1. The molecule has 0 heterocycles. The van der Waals surface area contributed by atoms with Crippen molar-refractivity contribution in [2.75, 3.05) is 0 Å². The average molecular weight is 422 g/mol. The number of esters is 1. The molecule has 0 aliphatic rings. The summed E-state index contributed by atoms with van der Waals surface area (Å²) in [4.78, 5) is 11.8. The fourth-order valence-electron chi connectivity index (χ4n) is 3.07. The molecule has 0 bridgehead atoms. The first-order valence-corrected chi connectivity index (χ1v) is 11.6. The van der Waals surface area contributed by atoms with Crippen LogP contribution in [0, 0.1) is 5.41 Å². The van der Waals surface area contributed by atoms with E-state index in [0.29, 0.717) is 6.42 Å². The van der Waals surface area contributed by atoms with Gasteiger partial charge in [-0.15, -0.1) is 12.4 Å². The lowest BCUT2D eigenvalue weighted by molar-refractivity contribution is -0.153. The summed E-state index contributed by atoms with van der Waals surface area (Å²) in [7, 11) is 0. The lowest BCUT2D eigenvalue weighted by Gasteiger charge is -2.26. The van der Waals surface area contributed by atoms with E-state index in [-0.39, 0.29) is 36.0 Å². The molecule has 0 aliphatic carbocycles. The van der Waals surface area contributed by atoms with Crippen LogP contribution in [0.2, 0.25) is 0 Å². The third-order valence-corrected chi connectivity index (χ3v) is 5.51. The molecule has 1 unspecified atom stereocenters. The van der Waals surface area contributed by atoms with Crippen molar-refractivity contribution in [1.82, 2.24) is 6.15 Å². The van der Waals surface area contributed by atoms with Crippen LogP contribution < -0.4 is 6.15 Å². The van der Waals surface area contributed by atoms with Crippen LogP contribution in [0.3, 0.4) is 0 Å². The van der Waals surface area contributed by atoms with Crippen molar-refractivity contribution in [2.24, 2.45) is 5.41 Å². The second kappa shape index (κ2) is 21.4. The van der Waals surface area contributed by atoms with Crippen LogP contribution in [0.4, 0.5) is 0 Å². The van der Waals surface area contributed by atoms with Crippen molar-refractivity contribution < 1.29 is 9.53 Å². The molecule has 3 N–H and O–H groups in total. The van der Waals surface area contributed by atoms with Crippen LogP contribution in [0.1, 0.15) is 137 Å². The topological polar surface area (TPSA) is 61.3 Å². The Labute approximate surface area is 183 Å². The smallest absolute Gasteiger partial charge is 0.306 e. The minimum absolute atomic E-state index is 0. The maximum Gasteiger partial charge on any atom is 0.306 e. The molecule has 0 aromatic heterocycles. The normalized spacial score (nSPS) is 12.0. The Balaban J connectivity index is -0.00000312. The first-order chi connectivity index (χ1) is 12.4. The van der Waals surface area contributed by atoms with E-state index >= 15 is 0 Å². The Bertz CT molecular complexity index is 329. The summed E-state index contributed by atoms with van der Waals surface area (Å²) >= 11 is 0. The highest BCUT2D eigenvalue weighted by atomic mass is 35.5. The summed E-state index contributed by atoms with van der Waals surface area (Å²) in [6.07, 6.45) is 20.8. The molecule has 0 amide bonds. The zero-order valence-corrected chi connectivity index (χ0v) is 20.6. The van der Waals surface area contributed by atoms with Gasteiger partial charge in [-0.2, -0.15) is 0 Å². The molecule has 0 saturated carbocycles. The van der Waals surface area contributed by atoms with E-state index in [4.69, 9.17) is 4.74 Å². The number of carbonyl (C=O) groups is 1. The third-order valence-electron chi connectivity index (χ3n) is 5.51. The summed E-state index contributed by atoms with van der Waals surface area (Å²) < 4.78 is 5.49. The first-order valence-electron chi connectivity index (χ1n) is 11.6. The molecule has 0 spiro atoms. The van der Waals surface area contributed by atoms with E-state index in [1.54, 1.807) is 0 Å². The maximum atomic E-state index is 11.8. The summed E-state index contributed by atoms with van der Waals surface area (Å²) in [5.74, 6) is -0.0258. The predicted octanol–water partition coefficient (Wildman–Crippen LogP) is 8.81. The Morgan fingerprint density at radius 1 is 0.714 bits per heavy atom. The molecule has 0 radical (unpaired) electrons. The Hall–Kier alpha value is -0.280. The number of unbranched alkanes of at least 4 members (excludes halogenated alkanes) is 14. The fourth-order valence-corrected chi connectivity index (χ4v) is 3.07. The van der Waals surface area contributed by atoms with Gasteiger partial charge >= 0.3 is 5.97 Å². The second-order valence-electron chi connectivity index (χ2n) is 9.20. The van der Waals surface area contributed by atoms with Crippen LogP contribution in [-0.2, 0) is 9.53 Å². The molecule has 0 rings (SSSR count). The van der Waals surface area contributed by atoms with Gasteiger partial charge in [-0.05, 0) is 18.8 Å². The second-order valence-corrected chi connectivity index (χ2v) is 9.20. The number of hydrogen-bond acceptors (Lipinski definition) is 3. The van der Waals surface area contributed by atoms with E-state index in [2.05, 4.69) is 27.7 Å². The monoisotopic (exact) mass is 421 g/mol. The van der Waals surface area contributed by atoms with Gasteiger partial charge in [0.25, 0.3) is 0 Å². The van der Waals surface area contributed by atoms with Crippen molar-refractivity contribution in [1.29, 1.82) is 0 Å². The molecule has 4 heteroatoms. The minimum Gasteiger partial charge on any atom is -0.462 e. The van der Waals surface area contributed by atoms with Gasteiger partial charge in [0.1, 0.15) is 6.10 Å². The standard InChI is InChI=1S/C24H48O2.ClH.H3N/c1-6-7-8-9-10-11-12-13-14-15-16-17-18-19-20-21-23(25)26-22(2)24(3,4)5;;/h22H,6-21H2,1-5H3;1H;1H3. The van der Waals surface area contributed by atoms with Crippen LogP contribution in [-0.4, -0.2) is 12.1 Å². The predicted molar refractivity (Wildman–Crippen MR) is 127 cm³/mol. The molecular weight excluding hydrogens is 370 g/mol. The Morgan fingerprint density at radius 3 is 1.36 bits per heavy atom. The van der Waals surface area contributed by atoms with E-state index in [1.165, 1.54) is 83.5 Å². The first kappa shape index (κ1) is 32.4. The van der Waals surface area contributed by atoms with Crippen molar-refractivity contribution in [3.05, 3.63) is 0 Å². The molecule has 28 heavy (non-hydrogen) atoms. The number of halogens is 1. The van der Waals surface area contributed by atoms with Gasteiger partial charge in [0.05, 0.1) is 0 Å². The molecular formula is C24H52ClNO2. The molecule has 3 nitrogen and oxygen atoms in total. The van der Waals surface area contributed by atoms with Crippen LogP contribution in [0.5, 0.6) is 0 Å². The minimum atomic E-state index is -0.0258. The summed E-state index contributed by atoms with van der Waals surface area (Å²) in [5.41, 5.74) is 0.0325. The Kier molecular flexibility index (Phi) is 24.8. The molecule has 0 aliphatic heterocycles. The fraction of sp³-hybridized carbons (Fsp3) is 0.958. The summed E-state index contributed by atoms with van der Waals surface area (Å²) in [6.45, 7) is 10.6. The van der Waals surface area contributed by atoms with Gasteiger partial charge in [0, 0.05) is 6.42 Å². The van der Waals surface area contributed by atoms with E-state index in [0.717, 1.165) is 12.8 Å². The van der Waals surface area contributed by atoms with Gasteiger partial charge in [-0.25, -0.2) is 0 Å². The zero-order valence-electron chi connectivity index (χ0n) is 19.8. The van der Waals surface area contributed by atoms with Gasteiger partial charge in [-0.3, -0.25) is 4.79 Å². The number of hydrogen-bond donors (Lipinski definition) is 1. The number of ether oxygens (including phenoxy) is 1. The molecule has 0 aromatic rings. The van der Waals surface area contributed by atoms with Gasteiger partial charge in [0.15, 0.2) is 0 Å². The SMILES string of the molecule is CCCCCCCCCCCCCCCCCC(=O)OC(C)C(C)(C)C.Cl.N. The largest absolute Gasteiger partial charge is 0.462 e. The molecule has 0 fully saturated rings. The van der Waals surface area contributed by atoms with Crippen LogP contribution >= 0.6 is 12.4 Å².